The zero-order valence-electron chi connectivity index (χ0n) is 13.8. The third-order valence-electron chi connectivity index (χ3n) is 4.19. The molecule has 1 N–H and O–H groups in total. The Morgan fingerprint density at radius 1 is 1.29 bits per heavy atom. The molecule has 7 heteroatoms. The first-order chi connectivity index (χ1) is 11.5. The maximum absolute atomic E-state index is 12.4. The minimum absolute atomic E-state index is 0.0184. The molecular weight excluding hydrogens is 308 g/mol. The Bertz CT molecular complexity index is 756. The Kier molecular flexibility index (Phi) is 4.59. The molecule has 1 aromatic heterocycles. The van der Waals surface area contributed by atoms with Gasteiger partial charge in [0.25, 0.3) is 0 Å². The van der Waals surface area contributed by atoms with Crippen LogP contribution < -0.4 is 5.32 Å². The van der Waals surface area contributed by atoms with Gasteiger partial charge in [-0.1, -0.05) is 23.4 Å². The average Bonchev–Trinajstić information content (AvgIpc) is 3.03. The number of piperidine rings is 1. The summed E-state index contributed by atoms with van der Waals surface area (Å²) in [5.41, 5.74) is 1.56. The second-order valence-electron chi connectivity index (χ2n) is 6.04. The molecule has 126 valence electrons. The van der Waals surface area contributed by atoms with Gasteiger partial charge in [-0.25, -0.2) is 0 Å². The molecule has 7 nitrogen and oxygen atoms in total. The second-order valence-corrected chi connectivity index (χ2v) is 6.04. The van der Waals surface area contributed by atoms with E-state index >= 15 is 0 Å². The molecule has 1 aliphatic heterocycles. The number of likely N-dealkylation sites (tertiary alicyclic amines) is 1. The standard InChI is InChI=1S/C17H20N4O3/c1-11-6-3-4-8-14(11)19-15(22)17(23)21-9-5-7-13(10-21)16-18-12(2)20-24-16/h3-4,6,8,13H,5,7,9-10H2,1-2H3,(H,19,22). The van der Waals surface area contributed by atoms with Crippen molar-refractivity contribution in [1.29, 1.82) is 0 Å². The van der Waals surface area contributed by atoms with E-state index in [0.717, 1.165) is 18.4 Å². The Balaban J connectivity index is 1.65. The van der Waals surface area contributed by atoms with Gasteiger partial charge < -0.3 is 14.7 Å². The van der Waals surface area contributed by atoms with Crippen molar-refractivity contribution in [2.45, 2.75) is 32.6 Å². The fourth-order valence-corrected chi connectivity index (χ4v) is 2.87. The van der Waals surface area contributed by atoms with Crippen molar-refractivity contribution in [3.63, 3.8) is 0 Å². The fraction of sp³-hybridized carbons (Fsp3) is 0.412. The first-order valence-electron chi connectivity index (χ1n) is 8.00. The number of amides is 2. The van der Waals surface area contributed by atoms with Crippen LogP contribution >= 0.6 is 0 Å². The van der Waals surface area contributed by atoms with Gasteiger partial charge in [-0.2, -0.15) is 4.98 Å². The van der Waals surface area contributed by atoms with Crippen LogP contribution in [-0.2, 0) is 9.59 Å². The van der Waals surface area contributed by atoms with E-state index < -0.39 is 11.8 Å². The van der Waals surface area contributed by atoms with Crippen LogP contribution in [0.1, 0.15) is 36.0 Å². The van der Waals surface area contributed by atoms with Gasteiger partial charge in [0.15, 0.2) is 5.82 Å². The second kappa shape index (κ2) is 6.82. The molecular formula is C17H20N4O3. The maximum atomic E-state index is 12.4. The van der Waals surface area contributed by atoms with E-state index in [1.165, 1.54) is 0 Å². The number of nitrogens with zero attached hydrogens (tertiary/aromatic N) is 3. The molecule has 2 heterocycles. The maximum Gasteiger partial charge on any atom is 0.313 e. The van der Waals surface area contributed by atoms with E-state index in [0.29, 0.717) is 30.5 Å². The quantitative estimate of drug-likeness (QED) is 0.852. The Labute approximate surface area is 140 Å². The summed E-state index contributed by atoms with van der Waals surface area (Å²) in [6, 6.07) is 7.37. The number of carbonyl (C=O) groups is 2. The van der Waals surface area contributed by atoms with Crippen molar-refractivity contribution in [1.82, 2.24) is 15.0 Å². The van der Waals surface area contributed by atoms with Crippen LogP contribution in [0.3, 0.4) is 0 Å². The Hall–Kier alpha value is -2.70. The summed E-state index contributed by atoms with van der Waals surface area (Å²) in [5.74, 6) is -0.0592. The zero-order chi connectivity index (χ0) is 17.1. The summed E-state index contributed by atoms with van der Waals surface area (Å²) in [5, 5.41) is 6.48. The molecule has 3 rings (SSSR count). The zero-order valence-corrected chi connectivity index (χ0v) is 13.8. The lowest BCUT2D eigenvalue weighted by Gasteiger charge is -2.30. The van der Waals surface area contributed by atoms with Crippen LogP contribution in [-0.4, -0.2) is 39.9 Å². The molecule has 0 saturated carbocycles. The minimum Gasteiger partial charge on any atom is -0.339 e. The molecule has 1 fully saturated rings. The molecule has 2 amide bonds. The summed E-state index contributed by atoms with van der Waals surface area (Å²) in [6.45, 7) is 4.62. The average molecular weight is 328 g/mol. The monoisotopic (exact) mass is 328 g/mol. The Morgan fingerprint density at radius 3 is 2.79 bits per heavy atom. The highest BCUT2D eigenvalue weighted by Crippen LogP contribution is 2.26. The van der Waals surface area contributed by atoms with E-state index in [9.17, 15) is 9.59 Å². The number of aromatic nitrogens is 2. The predicted octanol–water partition coefficient (Wildman–Crippen LogP) is 2.03. The van der Waals surface area contributed by atoms with Crippen LogP contribution in [0.25, 0.3) is 0 Å². The molecule has 1 aliphatic rings. The number of hydrogen-bond donors (Lipinski definition) is 1. The third kappa shape index (κ3) is 3.45. The number of aryl methyl sites for hydroxylation is 2. The van der Waals surface area contributed by atoms with E-state index in [4.69, 9.17) is 4.52 Å². The van der Waals surface area contributed by atoms with E-state index in [-0.39, 0.29) is 5.92 Å². The summed E-state index contributed by atoms with van der Waals surface area (Å²) in [6.07, 6.45) is 1.67. The van der Waals surface area contributed by atoms with Gasteiger partial charge in [0.1, 0.15) is 0 Å². The number of para-hydroxylation sites is 1. The first kappa shape index (κ1) is 16.2. The lowest BCUT2D eigenvalue weighted by molar-refractivity contribution is -0.144. The van der Waals surface area contributed by atoms with Gasteiger partial charge in [0.2, 0.25) is 5.89 Å². The van der Waals surface area contributed by atoms with E-state index in [2.05, 4.69) is 15.5 Å². The van der Waals surface area contributed by atoms with Crippen molar-refractivity contribution in [2.24, 2.45) is 0 Å². The molecule has 1 saturated heterocycles. The van der Waals surface area contributed by atoms with Crippen LogP contribution in [0, 0.1) is 13.8 Å². The van der Waals surface area contributed by atoms with Crippen LogP contribution in [0.4, 0.5) is 5.69 Å². The Morgan fingerprint density at radius 2 is 2.08 bits per heavy atom. The van der Waals surface area contributed by atoms with Crippen molar-refractivity contribution < 1.29 is 14.1 Å². The SMILES string of the molecule is Cc1noc(C2CCCN(C(=O)C(=O)Nc3ccccc3C)C2)n1. The number of benzene rings is 1. The smallest absolute Gasteiger partial charge is 0.313 e. The third-order valence-corrected chi connectivity index (χ3v) is 4.19. The van der Waals surface area contributed by atoms with Crippen molar-refractivity contribution in [2.75, 3.05) is 18.4 Å². The van der Waals surface area contributed by atoms with Crippen molar-refractivity contribution in [3.05, 3.63) is 41.5 Å². The minimum atomic E-state index is -0.619. The van der Waals surface area contributed by atoms with Crippen molar-refractivity contribution >= 4 is 17.5 Å². The van der Waals surface area contributed by atoms with Crippen LogP contribution in [0.15, 0.2) is 28.8 Å². The molecule has 1 unspecified atom stereocenters. The van der Waals surface area contributed by atoms with Gasteiger partial charge in [-0.3, -0.25) is 9.59 Å². The van der Waals surface area contributed by atoms with Gasteiger partial charge in [-0.15, -0.1) is 0 Å². The molecule has 2 aromatic rings. The molecule has 0 bridgehead atoms. The van der Waals surface area contributed by atoms with Crippen molar-refractivity contribution in [3.8, 4) is 0 Å². The molecule has 1 atom stereocenters. The van der Waals surface area contributed by atoms with Gasteiger partial charge in [-0.05, 0) is 38.3 Å². The summed E-state index contributed by atoms with van der Waals surface area (Å²) in [7, 11) is 0. The number of carbonyl (C=O) groups excluding carboxylic acids is 2. The highest BCUT2D eigenvalue weighted by molar-refractivity contribution is 6.39. The lowest BCUT2D eigenvalue weighted by atomic mass is 9.98. The summed E-state index contributed by atoms with van der Waals surface area (Å²) < 4.78 is 5.20. The molecule has 1 aromatic carbocycles. The number of rotatable bonds is 2. The van der Waals surface area contributed by atoms with Crippen LogP contribution in [0.5, 0.6) is 0 Å². The van der Waals surface area contributed by atoms with Gasteiger partial charge >= 0.3 is 11.8 Å². The number of nitrogens with one attached hydrogen (secondary N) is 1. The fourth-order valence-electron chi connectivity index (χ4n) is 2.87. The van der Waals surface area contributed by atoms with Crippen LogP contribution in [0.2, 0.25) is 0 Å². The molecule has 0 radical (unpaired) electrons. The van der Waals surface area contributed by atoms with E-state index in [1.807, 2.05) is 25.1 Å². The molecule has 24 heavy (non-hydrogen) atoms. The largest absolute Gasteiger partial charge is 0.339 e. The highest BCUT2D eigenvalue weighted by Gasteiger charge is 2.31. The normalized spacial score (nSPS) is 17.6. The predicted molar refractivity (Wildman–Crippen MR) is 87.4 cm³/mol. The summed E-state index contributed by atoms with van der Waals surface area (Å²) >= 11 is 0. The number of hydrogen-bond acceptors (Lipinski definition) is 5. The summed E-state index contributed by atoms with van der Waals surface area (Å²) in [4.78, 5) is 30.5. The highest BCUT2D eigenvalue weighted by atomic mass is 16.5. The lowest BCUT2D eigenvalue weighted by Crippen LogP contribution is -2.44. The van der Waals surface area contributed by atoms with Gasteiger partial charge in [0, 0.05) is 18.8 Å². The molecule has 0 spiro atoms. The molecule has 0 aliphatic carbocycles. The first-order valence-corrected chi connectivity index (χ1v) is 8.00. The number of anilines is 1. The topological polar surface area (TPSA) is 88.3 Å². The van der Waals surface area contributed by atoms with E-state index in [1.54, 1.807) is 17.9 Å². The van der Waals surface area contributed by atoms with Gasteiger partial charge in [0.05, 0.1) is 5.92 Å².